The van der Waals surface area contributed by atoms with E-state index in [2.05, 4.69) is 12.6 Å². The van der Waals surface area contributed by atoms with Crippen molar-refractivity contribution in [3.05, 3.63) is 35.4 Å². The second kappa shape index (κ2) is 4.78. The van der Waals surface area contributed by atoms with Crippen molar-refractivity contribution in [1.29, 1.82) is 0 Å². The van der Waals surface area contributed by atoms with Crippen LogP contribution in [0.4, 0.5) is 8.78 Å². The van der Waals surface area contributed by atoms with Gasteiger partial charge in [0.2, 0.25) is 0 Å². The quantitative estimate of drug-likeness (QED) is 0.733. The molecule has 0 amide bonds. The van der Waals surface area contributed by atoms with Gasteiger partial charge < -0.3 is 0 Å². The Bertz CT molecular complexity index is 312. The normalized spacial score (nSPS) is 15.2. The minimum atomic E-state index is -0.531. The fraction of sp³-hybridized carbons (Fsp3) is 0.455. The molecule has 78 valence electrons. The predicted molar refractivity (Wildman–Crippen MR) is 57.8 cm³/mol. The van der Waals surface area contributed by atoms with Crippen LogP contribution in [-0.2, 0) is 0 Å². The van der Waals surface area contributed by atoms with Crippen molar-refractivity contribution >= 4 is 12.6 Å². The molecule has 0 spiro atoms. The van der Waals surface area contributed by atoms with Crippen LogP contribution in [0.2, 0.25) is 0 Å². The highest BCUT2D eigenvalue weighted by Crippen LogP contribution is 2.27. The van der Waals surface area contributed by atoms with Crippen LogP contribution >= 0.6 is 12.6 Å². The molecule has 0 fully saturated rings. The Labute approximate surface area is 88.7 Å². The molecule has 0 aliphatic rings. The molecule has 0 heterocycles. The van der Waals surface area contributed by atoms with Crippen LogP contribution in [0.3, 0.4) is 0 Å². The molecule has 3 heteroatoms. The van der Waals surface area contributed by atoms with Crippen LogP contribution in [0.25, 0.3) is 0 Å². The number of thiol groups is 1. The second-order valence-electron chi connectivity index (χ2n) is 3.61. The maximum atomic E-state index is 13.3. The van der Waals surface area contributed by atoms with Gasteiger partial charge in [-0.2, -0.15) is 12.6 Å². The summed E-state index contributed by atoms with van der Waals surface area (Å²) < 4.78 is 26.0. The molecule has 0 aliphatic heterocycles. The first-order valence-electron chi connectivity index (χ1n) is 4.62. The summed E-state index contributed by atoms with van der Waals surface area (Å²) in [6, 6.07) is 3.73. The standard InChI is InChI=1S/C11H14F2S/c1-7(6-14)8(2)10-4-3-9(12)5-11(10)13/h3-5,7-8,14H,6H2,1-2H3/t7-,8?/m1/s1. The molecule has 1 rings (SSSR count). The van der Waals surface area contributed by atoms with Crippen molar-refractivity contribution in [2.75, 3.05) is 5.75 Å². The summed E-state index contributed by atoms with van der Waals surface area (Å²) in [6.07, 6.45) is 0. The van der Waals surface area contributed by atoms with Gasteiger partial charge in [-0.3, -0.25) is 0 Å². The maximum absolute atomic E-state index is 13.3. The van der Waals surface area contributed by atoms with Crippen LogP contribution in [0.5, 0.6) is 0 Å². The Morgan fingerprint density at radius 2 is 1.93 bits per heavy atom. The van der Waals surface area contributed by atoms with E-state index in [1.54, 1.807) is 0 Å². The molecule has 1 unspecified atom stereocenters. The minimum Gasteiger partial charge on any atom is -0.207 e. The van der Waals surface area contributed by atoms with E-state index in [0.717, 1.165) is 6.07 Å². The lowest BCUT2D eigenvalue weighted by atomic mass is 9.90. The van der Waals surface area contributed by atoms with Gasteiger partial charge in [-0.1, -0.05) is 19.9 Å². The van der Waals surface area contributed by atoms with E-state index in [9.17, 15) is 8.78 Å². The topological polar surface area (TPSA) is 0 Å². The van der Waals surface area contributed by atoms with Gasteiger partial charge in [0, 0.05) is 6.07 Å². The predicted octanol–water partition coefficient (Wildman–Crippen LogP) is 3.63. The largest absolute Gasteiger partial charge is 0.207 e. The van der Waals surface area contributed by atoms with Crippen molar-refractivity contribution in [2.45, 2.75) is 19.8 Å². The third kappa shape index (κ3) is 2.47. The molecule has 0 saturated carbocycles. The molecule has 0 saturated heterocycles. The van der Waals surface area contributed by atoms with Crippen molar-refractivity contribution in [3.63, 3.8) is 0 Å². The van der Waals surface area contributed by atoms with Gasteiger partial charge in [0.1, 0.15) is 11.6 Å². The summed E-state index contributed by atoms with van der Waals surface area (Å²) in [6.45, 7) is 3.93. The zero-order valence-electron chi connectivity index (χ0n) is 8.30. The zero-order valence-corrected chi connectivity index (χ0v) is 9.19. The lowest BCUT2D eigenvalue weighted by Crippen LogP contribution is -2.09. The first-order chi connectivity index (χ1) is 6.56. The molecular weight excluding hydrogens is 202 g/mol. The van der Waals surface area contributed by atoms with Gasteiger partial charge >= 0.3 is 0 Å². The second-order valence-corrected chi connectivity index (χ2v) is 3.98. The monoisotopic (exact) mass is 216 g/mol. The summed E-state index contributed by atoms with van der Waals surface area (Å²) in [7, 11) is 0. The number of rotatable bonds is 3. The molecule has 14 heavy (non-hydrogen) atoms. The summed E-state index contributed by atoms with van der Waals surface area (Å²) in [5.74, 6) is 0.0346. The van der Waals surface area contributed by atoms with E-state index in [0.29, 0.717) is 11.3 Å². The van der Waals surface area contributed by atoms with E-state index < -0.39 is 11.6 Å². The fourth-order valence-corrected chi connectivity index (χ4v) is 1.65. The molecule has 0 aliphatic carbocycles. The molecule has 0 radical (unpaired) electrons. The van der Waals surface area contributed by atoms with Gasteiger partial charge in [-0.15, -0.1) is 0 Å². The van der Waals surface area contributed by atoms with Crippen LogP contribution in [-0.4, -0.2) is 5.75 Å². The summed E-state index contributed by atoms with van der Waals surface area (Å²) in [5, 5.41) is 0. The first-order valence-corrected chi connectivity index (χ1v) is 5.25. The average Bonchev–Trinajstić information content (AvgIpc) is 2.15. The molecule has 1 aromatic rings. The highest BCUT2D eigenvalue weighted by Gasteiger charge is 2.16. The van der Waals surface area contributed by atoms with E-state index in [1.807, 2.05) is 13.8 Å². The third-order valence-corrected chi connectivity index (χ3v) is 3.17. The lowest BCUT2D eigenvalue weighted by Gasteiger charge is -2.18. The summed E-state index contributed by atoms with van der Waals surface area (Å²) >= 11 is 4.16. The van der Waals surface area contributed by atoms with Crippen LogP contribution < -0.4 is 0 Å². The number of hydrogen-bond acceptors (Lipinski definition) is 1. The smallest absolute Gasteiger partial charge is 0.129 e. The molecule has 1 aromatic carbocycles. The van der Waals surface area contributed by atoms with E-state index in [4.69, 9.17) is 0 Å². The molecule has 2 atom stereocenters. The summed E-state index contributed by atoms with van der Waals surface area (Å²) in [4.78, 5) is 0. The lowest BCUT2D eigenvalue weighted by molar-refractivity contribution is 0.501. The minimum absolute atomic E-state index is 0.0631. The summed E-state index contributed by atoms with van der Waals surface area (Å²) in [5.41, 5.74) is 0.563. The molecule has 0 bridgehead atoms. The molecule has 0 aromatic heterocycles. The van der Waals surface area contributed by atoms with E-state index in [1.165, 1.54) is 12.1 Å². The van der Waals surface area contributed by atoms with Crippen molar-refractivity contribution in [3.8, 4) is 0 Å². The number of halogens is 2. The zero-order chi connectivity index (χ0) is 10.7. The van der Waals surface area contributed by atoms with Gasteiger partial charge in [0.05, 0.1) is 0 Å². The fourth-order valence-electron chi connectivity index (χ4n) is 1.34. The SMILES string of the molecule is CC(c1ccc(F)cc1F)[C@H](C)CS. The Kier molecular flexibility index (Phi) is 3.93. The van der Waals surface area contributed by atoms with E-state index in [-0.39, 0.29) is 11.8 Å². The first kappa shape index (κ1) is 11.5. The molecular formula is C11H14F2S. The Morgan fingerprint density at radius 1 is 1.29 bits per heavy atom. The highest BCUT2D eigenvalue weighted by atomic mass is 32.1. The van der Waals surface area contributed by atoms with Gasteiger partial charge in [0.15, 0.2) is 0 Å². The van der Waals surface area contributed by atoms with Crippen molar-refractivity contribution in [1.82, 2.24) is 0 Å². The Balaban J connectivity index is 2.95. The van der Waals surface area contributed by atoms with Crippen molar-refractivity contribution in [2.24, 2.45) is 5.92 Å². The highest BCUT2D eigenvalue weighted by molar-refractivity contribution is 7.80. The maximum Gasteiger partial charge on any atom is 0.129 e. The van der Waals surface area contributed by atoms with E-state index >= 15 is 0 Å². The van der Waals surface area contributed by atoms with Gasteiger partial charge in [-0.05, 0) is 29.2 Å². The van der Waals surface area contributed by atoms with Crippen LogP contribution in [0.15, 0.2) is 18.2 Å². The number of benzene rings is 1. The van der Waals surface area contributed by atoms with Crippen LogP contribution in [0, 0.1) is 17.6 Å². The molecule has 0 N–H and O–H groups in total. The third-order valence-electron chi connectivity index (χ3n) is 2.59. The van der Waals surface area contributed by atoms with Crippen molar-refractivity contribution < 1.29 is 8.78 Å². The van der Waals surface area contributed by atoms with Gasteiger partial charge in [0.25, 0.3) is 0 Å². The Hall–Kier alpha value is -0.570. The number of hydrogen-bond donors (Lipinski definition) is 1. The molecule has 0 nitrogen and oxygen atoms in total. The van der Waals surface area contributed by atoms with Crippen LogP contribution in [0.1, 0.15) is 25.3 Å². The Morgan fingerprint density at radius 3 is 2.43 bits per heavy atom. The average molecular weight is 216 g/mol. The van der Waals surface area contributed by atoms with Gasteiger partial charge in [-0.25, -0.2) is 8.78 Å².